The van der Waals surface area contributed by atoms with Gasteiger partial charge in [-0.3, -0.25) is 20.0 Å². The summed E-state index contributed by atoms with van der Waals surface area (Å²) in [5, 5.41) is 2.09. The standard InChI is InChI=1S/C22H12F5N3O2S/c23-17-12(15-5-6-16(33-15)22(25,26)27)3-4-13(18(17)24)19-20(31)29-21(32)30(19)11-2-1-10-7-8-28-14(10)9-11/h1-6,8-9,19H,7H2,(H,29,31,32). The third-order valence-corrected chi connectivity index (χ3v) is 6.57. The van der Waals surface area contributed by atoms with Crippen LogP contribution in [0.25, 0.3) is 10.4 Å². The van der Waals surface area contributed by atoms with Gasteiger partial charge in [-0.05, 0) is 29.8 Å². The number of nitrogens with one attached hydrogen (secondary N) is 1. The molecule has 5 nitrogen and oxygen atoms in total. The number of rotatable bonds is 3. The Morgan fingerprint density at radius 3 is 2.55 bits per heavy atom. The summed E-state index contributed by atoms with van der Waals surface area (Å²) in [6.45, 7) is 0. The normalized spacial score (nSPS) is 17.6. The lowest BCUT2D eigenvalue weighted by molar-refractivity contribution is -0.134. The van der Waals surface area contributed by atoms with Gasteiger partial charge in [0.1, 0.15) is 10.9 Å². The van der Waals surface area contributed by atoms with E-state index in [2.05, 4.69) is 10.3 Å². The van der Waals surface area contributed by atoms with Crippen LogP contribution >= 0.6 is 11.3 Å². The molecule has 0 spiro atoms. The van der Waals surface area contributed by atoms with Crippen LogP contribution in [0.1, 0.15) is 22.0 Å². The van der Waals surface area contributed by atoms with Gasteiger partial charge in [0.05, 0.1) is 5.69 Å². The molecule has 2 aromatic carbocycles. The second-order valence-electron chi connectivity index (χ2n) is 7.39. The number of carbonyl (C=O) groups is 2. The van der Waals surface area contributed by atoms with E-state index in [0.717, 1.165) is 34.7 Å². The second-order valence-corrected chi connectivity index (χ2v) is 8.47. The number of aliphatic imine (C=N–C) groups is 1. The lowest BCUT2D eigenvalue weighted by atomic mass is 10.0. The smallest absolute Gasteiger partial charge is 0.277 e. The number of hydrogen-bond acceptors (Lipinski definition) is 4. The van der Waals surface area contributed by atoms with Gasteiger partial charge in [-0.15, -0.1) is 11.3 Å². The van der Waals surface area contributed by atoms with Crippen LogP contribution in [0.15, 0.2) is 47.5 Å². The van der Waals surface area contributed by atoms with Gasteiger partial charge in [0.15, 0.2) is 11.6 Å². The average Bonchev–Trinajstić information content (AvgIpc) is 3.48. The lowest BCUT2D eigenvalue weighted by Gasteiger charge is -2.23. The largest absolute Gasteiger partial charge is 0.425 e. The number of carbonyl (C=O) groups excluding carboxylic acids is 2. The first-order chi connectivity index (χ1) is 15.6. The van der Waals surface area contributed by atoms with Crippen molar-refractivity contribution < 1.29 is 31.5 Å². The number of alkyl halides is 3. The molecule has 1 unspecified atom stereocenters. The monoisotopic (exact) mass is 477 g/mol. The molecule has 168 valence electrons. The van der Waals surface area contributed by atoms with E-state index in [4.69, 9.17) is 0 Å². The fourth-order valence-corrected chi connectivity index (χ4v) is 4.75. The first kappa shape index (κ1) is 21.3. The molecule has 2 aliphatic rings. The maximum absolute atomic E-state index is 15.1. The summed E-state index contributed by atoms with van der Waals surface area (Å²) in [6.07, 6.45) is -2.31. The van der Waals surface area contributed by atoms with Gasteiger partial charge in [-0.1, -0.05) is 18.2 Å². The van der Waals surface area contributed by atoms with Crippen LogP contribution in [0.2, 0.25) is 0 Å². The molecule has 2 aliphatic heterocycles. The summed E-state index contributed by atoms with van der Waals surface area (Å²) in [5.41, 5.74) is 0.977. The second kappa shape index (κ2) is 7.48. The molecular weight excluding hydrogens is 465 g/mol. The molecule has 0 aliphatic carbocycles. The summed E-state index contributed by atoms with van der Waals surface area (Å²) in [4.78, 5) is 29.1. The van der Waals surface area contributed by atoms with Crippen molar-refractivity contribution in [2.45, 2.75) is 18.6 Å². The molecule has 0 bridgehead atoms. The topological polar surface area (TPSA) is 61.8 Å². The van der Waals surface area contributed by atoms with E-state index in [1.165, 1.54) is 0 Å². The van der Waals surface area contributed by atoms with Gasteiger partial charge in [0.2, 0.25) is 0 Å². The van der Waals surface area contributed by atoms with Gasteiger partial charge >= 0.3 is 12.2 Å². The number of hydrogen-bond donors (Lipinski definition) is 1. The van der Waals surface area contributed by atoms with Crippen molar-refractivity contribution in [2.75, 3.05) is 4.90 Å². The molecule has 3 heterocycles. The number of benzene rings is 2. The molecule has 1 aromatic heterocycles. The fourth-order valence-electron chi connectivity index (χ4n) is 3.85. The third kappa shape index (κ3) is 3.48. The van der Waals surface area contributed by atoms with E-state index in [0.29, 0.717) is 12.1 Å². The number of nitrogens with zero attached hydrogens (tertiary/aromatic N) is 2. The Hall–Kier alpha value is -3.60. The minimum atomic E-state index is -4.61. The van der Waals surface area contributed by atoms with Crippen molar-refractivity contribution in [3.05, 3.63) is 70.1 Å². The van der Waals surface area contributed by atoms with E-state index in [1.54, 1.807) is 24.4 Å². The first-order valence-electron chi connectivity index (χ1n) is 9.60. The van der Waals surface area contributed by atoms with Crippen LogP contribution in [0.3, 0.4) is 0 Å². The Morgan fingerprint density at radius 1 is 1.03 bits per heavy atom. The summed E-state index contributed by atoms with van der Waals surface area (Å²) < 4.78 is 68.7. The predicted octanol–water partition coefficient (Wildman–Crippen LogP) is 5.77. The van der Waals surface area contributed by atoms with Gasteiger partial charge < -0.3 is 0 Å². The maximum Gasteiger partial charge on any atom is 0.425 e. The molecule has 33 heavy (non-hydrogen) atoms. The van der Waals surface area contributed by atoms with E-state index in [1.807, 2.05) is 0 Å². The fraction of sp³-hybridized carbons (Fsp3) is 0.136. The van der Waals surface area contributed by atoms with Crippen molar-refractivity contribution in [3.8, 4) is 10.4 Å². The van der Waals surface area contributed by atoms with Crippen molar-refractivity contribution in [1.82, 2.24) is 5.32 Å². The highest BCUT2D eigenvalue weighted by atomic mass is 32.1. The molecule has 3 aromatic rings. The van der Waals surface area contributed by atoms with Gasteiger partial charge in [-0.25, -0.2) is 13.6 Å². The number of fused-ring (bicyclic) bond motifs is 1. The summed E-state index contributed by atoms with van der Waals surface area (Å²) >= 11 is 0.275. The van der Waals surface area contributed by atoms with Gasteiger partial charge in [-0.2, -0.15) is 13.2 Å². The van der Waals surface area contributed by atoms with Crippen LogP contribution in [0.5, 0.6) is 0 Å². The van der Waals surface area contributed by atoms with E-state index < -0.39 is 46.2 Å². The molecule has 3 amide bonds. The Balaban J connectivity index is 1.56. The van der Waals surface area contributed by atoms with Gasteiger partial charge in [0.25, 0.3) is 5.91 Å². The van der Waals surface area contributed by atoms with Crippen LogP contribution < -0.4 is 10.2 Å². The quantitative estimate of drug-likeness (QED) is 0.385. The molecule has 1 fully saturated rings. The van der Waals surface area contributed by atoms with E-state index >= 15 is 4.39 Å². The van der Waals surface area contributed by atoms with Crippen molar-refractivity contribution >= 4 is 40.9 Å². The highest BCUT2D eigenvalue weighted by Crippen LogP contribution is 2.41. The maximum atomic E-state index is 15.1. The lowest BCUT2D eigenvalue weighted by Crippen LogP contribution is -2.30. The summed E-state index contributed by atoms with van der Waals surface area (Å²) in [6, 6.07) is 6.58. The number of imide groups is 1. The minimum absolute atomic E-state index is 0.120. The van der Waals surface area contributed by atoms with Crippen molar-refractivity contribution in [1.29, 1.82) is 0 Å². The number of anilines is 1. The molecule has 0 radical (unpaired) electrons. The minimum Gasteiger partial charge on any atom is -0.277 e. The van der Waals surface area contributed by atoms with Crippen molar-refractivity contribution in [3.63, 3.8) is 0 Å². The third-order valence-electron chi connectivity index (χ3n) is 5.40. The van der Waals surface area contributed by atoms with E-state index in [9.17, 15) is 27.2 Å². The number of thiophene rings is 1. The zero-order valence-electron chi connectivity index (χ0n) is 16.4. The highest BCUT2D eigenvalue weighted by Gasteiger charge is 2.43. The van der Waals surface area contributed by atoms with Crippen LogP contribution in [-0.4, -0.2) is 18.2 Å². The first-order valence-corrected chi connectivity index (χ1v) is 10.4. The number of halogens is 5. The molecular formula is C22H12F5N3O2S. The van der Waals surface area contributed by atoms with Crippen LogP contribution in [0.4, 0.5) is 38.1 Å². The summed E-state index contributed by atoms with van der Waals surface area (Å²) in [7, 11) is 0. The van der Waals surface area contributed by atoms with Crippen molar-refractivity contribution in [2.24, 2.45) is 4.99 Å². The number of amides is 3. The Kier molecular flexibility index (Phi) is 4.82. The SMILES string of the molecule is O=C1NC(=O)N(c2ccc3c(c2)N=CC3)C1c1ccc(-c2ccc(C(F)(F)F)s2)c(F)c1F. The zero-order valence-corrected chi connectivity index (χ0v) is 17.2. The number of urea groups is 1. The molecule has 0 saturated carbocycles. The van der Waals surface area contributed by atoms with E-state index in [-0.39, 0.29) is 27.5 Å². The average molecular weight is 477 g/mol. The molecule has 5 rings (SSSR count). The molecule has 11 heteroatoms. The molecule has 1 saturated heterocycles. The highest BCUT2D eigenvalue weighted by molar-refractivity contribution is 7.15. The summed E-state index contributed by atoms with van der Waals surface area (Å²) in [5.74, 6) is -3.69. The Labute approximate surface area is 187 Å². The van der Waals surface area contributed by atoms with Crippen LogP contribution in [0, 0.1) is 11.6 Å². The molecule has 1 N–H and O–H groups in total. The molecule has 1 atom stereocenters. The Morgan fingerprint density at radius 2 is 1.82 bits per heavy atom. The Bertz CT molecular complexity index is 1350. The van der Waals surface area contributed by atoms with Gasteiger partial charge in [0, 0.05) is 34.3 Å². The zero-order chi connectivity index (χ0) is 23.5. The predicted molar refractivity (Wildman–Crippen MR) is 112 cm³/mol. The van der Waals surface area contributed by atoms with Crippen LogP contribution in [-0.2, 0) is 17.4 Å².